The maximum atomic E-state index is 4.90. The van der Waals surface area contributed by atoms with Gasteiger partial charge in [-0.05, 0) is 37.8 Å². The molecule has 1 aliphatic rings. The number of nitrogens with one attached hydrogen (secondary N) is 1. The van der Waals surface area contributed by atoms with Crippen LogP contribution in [0, 0.1) is 0 Å². The van der Waals surface area contributed by atoms with Gasteiger partial charge in [-0.2, -0.15) is 0 Å². The van der Waals surface area contributed by atoms with E-state index in [0.717, 1.165) is 6.54 Å². The van der Waals surface area contributed by atoms with Crippen LogP contribution >= 0.6 is 11.3 Å². The van der Waals surface area contributed by atoms with Gasteiger partial charge in [-0.3, -0.25) is 0 Å². The second-order valence-corrected chi connectivity index (χ2v) is 6.15. The molecule has 0 saturated carbocycles. The van der Waals surface area contributed by atoms with Crippen molar-refractivity contribution >= 4 is 11.3 Å². The van der Waals surface area contributed by atoms with E-state index in [0.29, 0.717) is 0 Å². The number of hydrogen-bond acceptors (Lipinski definition) is 3. The Bertz CT molecular complexity index is 509. The molecule has 3 heteroatoms. The number of fused-ring (bicyclic) bond motifs is 1. The topological polar surface area (TPSA) is 24.9 Å². The van der Waals surface area contributed by atoms with Gasteiger partial charge in [-0.1, -0.05) is 37.3 Å². The number of aryl methyl sites for hydroxylation is 2. The Kier molecular flexibility index (Phi) is 3.95. The zero-order valence-electron chi connectivity index (χ0n) is 11.4. The standard InChI is InChI=1S/C16H20N2S/c1-2-17-15(12-8-4-3-5-9-12)16-18-13-10-6-7-11-14(13)19-16/h3-5,8-9,15,17H,2,6-7,10-11H2,1H3. The lowest BCUT2D eigenvalue weighted by molar-refractivity contribution is 0.621. The molecule has 0 amide bonds. The predicted molar refractivity (Wildman–Crippen MR) is 80.7 cm³/mol. The molecule has 1 heterocycles. The zero-order chi connectivity index (χ0) is 13.1. The lowest BCUT2D eigenvalue weighted by Gasteiger charge is -2.15. The van der Waals surface area contributed by atoms with Crippen molar-refractivity contribution in [3.8, 4) is 0 Å². The molecule has 1 atom stereocenters. The highest BCUT2D eigenvalue weighted by Crippen LogP contribution is 2.32. The molecular weight excluding hydrogens is 252 g/mol. The third-order valence-corrected chi connectivity index (χ3v) is 4.87. The molecule has 3 rings (SSSR count). The van der Waals surface area contributed by atoms with Crippen LogP contribution in [-0.4, -0.2) is 11.5 Å². The highest BCUT2D eigenvalue weighted by atomic mass is 32.1. The van der Waals surface area contributed by atoms with E-state index in [2.05, 4.69) is 42.6 Å². The van der Waals surface area contributed by atoms with Crippen LogP contribution in [0.2, 0.25) is 0 Å². The van der Waals surface area contributed by atoms with Crippen LogP contribution in [0.4, 0.5) is 0 Å². The molecule has 0 bridgehead atoms. The molecule has 1 aromatic carbocycles. The Morgan fingerprint density at radius 1 is 1.21 bits per heavy atom. The van der Waals surface area contributed by atoms with E-state index in [-0.39, 0.29) is 6.04 Å². The monoisotopic (exact) mass is 272 g/mol. The lowest BCUT2D eigenvalue weighted by Crippen LogP contribution is -2.21. The summed E-state index contributed by atoms with van der Waals surface area (Å²) in [7, 11) is 0. The second kappa shape index (κ2) is 5.85. The Balaban J connectivity index is 1.94. The van der Waals surface area contributed by atoms with Crippen molar-refractivity contribution in [3.63, 3.8) is 0 Å². The van der Waals surface area contributed by atoms with Gasteiger partial charge in [-0.25, -0.2) is 4.98 Å². The minimum atomic E-state index is 0.252. The quantitative estimate of drug-likeness (QED) is 0.917. The van der Waals surface area contributed by atoms with Crippen molar-refractivity contribution < 1.29 is 0 Å². The van der Waals surface area contributed by atoms with Gasteiger partial charge in [0.15, 0.2) is 0 Å². The summed E-state index contributed by atoms with van der Waals surface area (Å²) >= 11 is 1.90. The number of aromatic nitrogens is 1. The molecule has 19 heavy (non-hydrogen) atoms. The smallest absolute Gasteiger partial charge is 0.115 e. The highest BCUT2D eigenvalue weighted by Gasteiger charge is 2.21. The van der Waals surface area contributed by atoms with Crippen LogP contribution in [0.25, 0.3) is 0 Å². The number of rotatable bonds is 4. The zero-order valence-corrected chi connectivity index (χ0v) is 12.2. The van der Waals surface area contributed by atoms with Crippen LogP contribution in [-0.2, 0) is 12.8 Å². The Hall–Kier alpha value is -1.19. The van der Waals surface area contributed by atoms with Crippen LogP contribution in [0.1, 0.15) is 46.9 Å². The Morgan fingerprint density at radius 3 is 2.74 bits per heavy atom. The van der Waals surface area contributed by atoms with Gasteiger partial charge in [0.25, 0.3) is 0 Å². The van der Waals surface area contributed by atoms with E-state index in [1.165, 1.54) is 46.8 Å². The van der Waals surface area contributed by atoms with Gasteiger partial charge < -0.3 is 5.32 Å². The van der Waals surface area contributed by atoms with Gasteiger partial charge in [0.1, 0.15) is 5.01 Å². The van der Waals surface area contributed by atoms with E-state index < -0.39 is 0 Å². The maximum absolute atomic E-state index is 4.90. The summed E-state index contributed by atoms with van der Waals surface area (Å²) in [5, 5.41) is 4.81. The third-order valence-electron chi connectivity index (χ3n) is 3.65. The third kappa shape index (κ3) is 2.72. The molecule has 2 nitrogen and oxygen atoms in total. The maximum Gasteiger partial charge on any atom is 0.115 e. The first kappa shape index (κ1) is 12.8. The predicted octanol–water partition coefficient (Wildman–Crippen LogP) is 3.72. The van der Waals surface area contributed by atoms with Crippen molar-refractivity contribution in [2.24, 2.45) is 0 Å². The van der Waals surface area contributed by atoms with Gasteiger partial charge in [-0.15, -0.1) is 11.3 Å². The summed E-state index contributed by atoms with van der Waals surface area (Å²) in [6.07, 6.45) is 5.01. The normalized spacial score (nSPS) is 16.1. The van der Waals surface area contributed by atoms with Gasteiger partial charge in [0.2, 0.25) is 0 Å². The van der Waals surface area contributed by atoms with Crippen LogP contribution in [0.5, 0.6) is 0 Å². The first-order valence-corrected chi connectivity index (χ1v) is 7.97. The minimum absolute atomic E-state index is 0.252. The molecule has 2 aromatic rings. The van der Waals surface area contributed by atoms with E-state index >= 15 is 0 Å². The molecule has 0 saturated heterocycles. The fourth-order valence-corrected chi connectivity index (χ4v) is 3.95. The molecule has 0 spiro atoms. The summed E-state index contributed by atoms with van der Waals surface area (Å²) in [6, 6.07) is 10.9. The first-order valence-electron chi connectivity index (χ1n) is 7.15. The molecule has 0 radical (unpaired) electrons. The van der Waals surface area contributed by atoms with Gasteiger partial charge >= 0.3 is 0 Å². The average Bonchev–Trinajstić information content (AvgIpc) is 2.89. The highest BCUT2D eigenvalue weighted by molar-refractivity contribution is 7.11. The number of thiazole rings is 1. The van der Waals surface area contributed by atoms with Crippen LogP contribution in [0.15, 0.2) is 30.3 Å². The number of nitrogens with zero attached hydrogens (tertiary/aromatic N) is 1. The molecule has 1 aromatic heterocycles. The van der Waals surface area contributed by atoms with E-state index in [4.69, 9.17) is 4.98 Å². The van der Waals surface area contributed by atoms with E-state index in [1.54, 1.807) is 0 Å². The molecule has 1 unspecified atom stereocenters. The average molecular weight is 272 g/mol. The molecule has 0 fully saturated rings. The summed E-state index contributed by atoms with van der Waals surface area (Å²) in [5.74, 6) is 0. The van der Waals surface area contributed by atoms with Crippen LogP contribution < -0.4 is 5.32 Å². The van der Waals surface area contributed by atoms with E-state index in [9.17, 15) is 0 Å². The summed E-state index contributed by atoms with van der Waals surface area (Å²) in [6.45, 7) is 3.12. The SMILES string of the molecule is CCNC(c1ccccc1)c1nc2c(s1)CCCC2. The molecule has 1 aliphatic carbocycles. The fourth-order valence-electron chi connectivity index (χ4n) is 2.69. The van der Waals surface area contributed by atoms with Crippen molar-refractivity contribution in [3.05, 3.63) is 51.5 Å². The molecule has 1 N–H and O–H groups in total. The van der Waals surface area contributed by atoms with Crippen molar-refractivity contribution in [2.75, 3.05) is 6.54 Å². The number of benzene rings is 1. The fraction of sp³-hybridized carbons (Fsp3) is 0.438. The summed E-state index contributed by atoms with van der Waals surface area (Å²) in [4.78, 5) is 6.42. The Morgan fingerprint density at radius 2 is 2.00 bits per heavy atom. The van der Waals surface area contributed by atoms with Crippen molar-refractivity contribution in [2.45, 2.75) is 38.6 Å². The molecular formula is C16H20N2S. The second-order valence-electron chi connectivity index (χ2n) is 5.03. The summed E-state index contributed by atoms with van der Waals surface area (Å²) in [5.41, 5.74) is 2.67. The van der Waals surface area contributed by atoms with Gasteiger partial charge in [0, 0.05) is 4.88 Å². The van der Waals surface area contributed by atoms with Gasteiger partial charge in [0.05, 0.1) is 11.7 Å². The van der Waals surface area contributed by atoms with Crippen molar-refractivity contribution in [1.82, 2.24) is 10.3 Å². The minimum Gasteiger partial charge on any atom is -0.305 e. The first-order chi connectivity index (χ1) is 9.38. The number of hydrogen-bond donors (Lipinski definition) is 1. The largest absolute Gasteiger partial charge is 0.305 e. The van der Waals surface area contributed by atoms with E-state index in [1.807, 2.05) is 11.3 Å². The van der Waals surface area contributed by atoms with Crippen LogP contribution in [0.3, 0.4) is 0 Å². The van der Waals surface area contributed by atoms with Crippen molar-refractivity contribution in [1.29, 1.82) is 0 Å². The molecule has 100 valence electrons. The summed E-state index contributed by atoms with van der Waals surface area (Å²) < 4.78 is 0. The lowest BCUT2D eigenvalue weighted by atomic mass is 10.0. The Labute approximate surface area is 118 Å². The molecule has 0 aliphatic heterocycles.